The van der Waals surface area contributed by atoms with Crippen LogP contribution in [0.5, 0.6) is 0 Å². The fourth-order valence-electron chi connectivity index (χ4n) is 2.48. The van der Waals surface area contributed by atoms with E-state index in [1.54, 1.807) is 0 Å². The second-order valence-electron chi connectivity index (χ2n) is 5.50. The van der Waals surface area contributed by atoms with E-state index in [0.717, 1.165) is 36.7 Å². The molecule has 4 heteroatoms. The molecule has 0 bridgehead atoms. The van der Waals surface area contributed by atoms with E-state index in [-0.39, 0.29) is 0 Å². The van der Waals surface area contributed by atoms with Crippen molar-refractivity contribution in [2.24, 2.45) is 0 Å². The van der Waals surface area contributed by atoms with E-state index in [4.69, 9.17) is 4.42 Å². The Kier molecular flexibility index (Phi) is 6.15. The van der Waals surface area contributed by atoms with Gasteiger partial charge in [0.2, 0.25) is 0 Å². The number of nitrogens with one attached hydrogen (secondary N) is 1. The molecule has 2 rings (SSSR count). The zero-order valence-electron chi connectivity index (χ0n) is 13.5. The molecule has 0 saturated carbocycles. The van der Waals surface area contributed by atoms with Crippen LogP contribution in [0.15, 0.2) is 28.7 Å². The molecule has 1 aromatic carbocycles. The average molecular weight is 306 g/mol. The Morgan fingerprint density at radius 2 is 2.10 bits per heavy atom. The predicted octanol–water partition coefficient (Wildman–Crippen LogP) is 3.73. The summed E-state index contributed by atoms with van der Waals surface area (Å²) in [6.07, 6.45) is 2.16. The van der Waals surface area contributed by atoms with Crippen LogP contribution in [-0.4, -0.2) is 36.5 Å². The topological polar surface area (TPSA) is 28.4 Å². The molecule has 1 atom stereocenters. The lowest BCUT2D eigenvalue weighted by molar-refractivity contribution is 0.268. The lowest BCUT2D eigenvalue weighted by atomic mass is 10.1. The van der Waals surface area contributed by atoms with E-state index < -0.39 is 0 Å². The van der Waals surface area contributed by atoms with E-state index in [9.17, 15) is 0 Å². The molecule has 21 heavy (non-hydrogen) atoms. The molecular formula is C17H26N2OS. The summed E-state index contributed by atoms with van der Waals surface area (Å²) in [5, 5.41) is 4.62. The highest BCUT2D eigenvalue weighted by Gasteiger charge is 2.17. The van der Waals surface area contributed by atoms with Gasteiger partial charge in [0.25, 0.3) is 0 Å². The van der Waals surface area contributed by atoms with Crippen LogP contribution in [0.4, 0.5) is 0 Å². The molecule has 3 nitrogen and oxygen atoms in total. The van der Waals surface area contributed by atoms with Crippen molar-refractivity contribution < 1.29 is 4.42 Å². The van der Waals surface area contributed by atoms with Gasteiger partial charge in [-0.25, -0.2) is 0 Å². The molecule has 0 fully saturated rings. The van der Waals surface area contributed by atoms with E-state index in [1.807, 2.05) is 17.8 Å². The molecule has 116 valence electrons. The van der Waals surface area contributed by atoms with Crippen molar-refractivity contribution in [2.45, 2.75) is 33.0 Å². The number of benzene rings is 1. The van der Waals surface area contributed by atoms with Gasteiger partial charge in [0.1, 0.15) is 11.3 Å². The third kappa shape index (κ3) is 4.02. The van der Waals surface area contributed by atoms with Gasteiger partial charge in [-0.2, -0.15) is 11.8 Å². The molecule has 0 radical (unpaired) electrons. The maximum atomic E-state index is 6.05. The van der Waals surface area contributed by atoms with Crippen LogP contribution in [0.3, 0.4) is 0 Å². The van der Waals surface area contributed by atoms with E-state index in [1.165, 1.54) is 10.9 Å². The highest BCUT2D eigenvalue weighted by atomic mass is 32.2. The molecule has 0 spiro atoms. The number of rotatable bonds is 8. The normalized spacial score (nSPS) is 13.2. The zero-order valence-corrected chi connectivity index (χ0v) is 14.3. The Morgan fingerprint density at radius 3 is 2.81 bits per heavy atom. The van der Waals surface area contributed by atoms with Crippen molar-refractivity contribution in [2.75, 3.05) is 25.6 Å². The van der Waals surface area contributed by atoms with Crippen molar-refractivity contribution in [1.29, 1.82) is 0 Å². The van der Waals surface area contributed by atoms with Crippen LogP contribution < -0.4 is 5.32 Å². The fourth-order valence-corrected chi connectivity index (χ4v) is 3.21. The molecule has 1 unspecified atom stereocenters. The highest BCUT2D eigenvalue weighted by molar-refractivity contribution is 7.98. The predicted molar refractivity (Wildman–Crippen MR) is 92.9 cm³/mol. The smallest absolute Gasteiger partial charge is 0.134 e. The van der Waals surface area contributed by atoms with Gasteiger partial charge in [-0.3, -0.25) is 4.90 Å². The first-order valence-electron chi connectivity index (χ1n) is 7.56. The number of furan rings is 1. The van der Waals surface area contributed by atoms with Crippen LogP contribution in [0.25, 0.3) is 11.0 Å². The van der Waals surface area contributed by atoms with Crippen LogP contribution in [0.1, 0.15) is 25.2 Å². The van der Waals surface area contributed by atoms with Crippen molar-refractivity contribution in [3.63, 3.8) is 0 Å². The van der Waals surface area contributed by atoms with Gasteiger partial charge < -0.3 is 9.73 Å². The fraction of sp³-hybridized carbons (Fsp3) is 0.529. The Morgan fingerprint density at radius 1 is 1.33 bits per heavy atom. The second kappa shape index (κ2) is 7.87. The van der Waals surface area contributed by atoms with Crippen molar-refractivity contribution in [3.05, 3.63) is 35.6 Å². The molecule has 2 aromatic rings. The monoisotopic (exact) mass is 306 g/mol. The minimum absolute atomic E-state index is 0.556. The minimum atomic E-state index is 0.556. The summed E-state index contributed by atoms with van der Waals surface area (Å²) >= 11 is 1.89. The van der Waals surface area contributed by atoms with Gasteiger partial charge in [-0.15, -0.1) is 0 Å². The van der Waals surface area contributed by atoms with Gasteiger partial charge in [0.15, 0.2) is 0 Å². The zero-order chi connectivity index (χ0) is 15.2. The first-order chi connectivity index (χ1) is 10.2. The highest BCUT2D eigenvalue weighted by Crippen LogP contribution is 2.27. The van der Waals surface area contributed by atoms with Gasteiger partial charge >= 0.3 is 0 Å². The molecule has 0 aliphatic carbocycles. The summed E-state index contributed by atoms with van der Waals surface area (Å²) in [5.74, 6) is 2.22. The number of nitrogens with zero attached hydrogens (tertiary/aromatic N) is 1. The van der Waals surface area contributed by atoms with Crippen LogP contribution in [0, 0.1) is 0 Å². The SMILES string of the molecule is CCNCc1oc2ccccc2c1CN(C)C(C)CSC. The maximum absolute atomic E-state index is 6.05. The summed E-state index contributed by atoms with van der Waals surface area (Å²) in [6.45, 7) is 7.08. The Hall–Kier alpha value is -0.970. The van der Waals surface area contributed by atoms with Crippen molar-refractivity contribution >= 4 is 22.7 Å². The van der Waals surface area contributed by atoms with Gasteiger partial charge in [-0.1, -0.05) is 25.1 Å². The maximum Gasteiger partial charge on any atom is 0.134 e. The van der Waals surface area contributed by atoms with E-state index in [2.05, 4.69) is 55.6 Å². The lowest BCUT2D eigenvalue weighted by Crippen LogP contribution is -2.30. The summed E-state index contributed by atoms with van der Waals surface area (Å²) in [5.41, 5.74) is 2.31. The first-order valence-corrected chi connectivity index (χ1v) is 8.95. The quantitative estimate of drug-likeness (QED) is 0.804. The van der Waals surface area contributed by atoms with Crippen molar-refractivity contribution in [3.8, 4) is 0 Å². The Labute approximate surface area is 132 Å². The number of para-hydroxylation sites is 1. The summed E-state index contributed by atoms with van der Waals surface area (Å²) in [7, 11) is 2.19. The van der Waals surface area contributed by atoms with Crippen LogP contribution in [0.2, 0.25) is 0 Å². The second-order valence-corrected chi connectivity index (χ2v) is 6.41. The van der Waals surface area contributed by atoms with E-state index >= 15 is 0 Å². The molecule has 1 heterocycles. The van der Waals surface area contributed by atoms with Crippen LogP contribution in [-0.2, 0) is 13.1 Å². The Balaban J connectivity index is 2.26. The molecule has 0 aliphatic heterocycles. The minimum Gasteiger partial charge on any atom is -0.459 e. The Bertz CT molecular complexity index is 567. The van der Waals surface area contributed by atoms with Gasteiger partial charge in [0, 0.05) is 29.3 Å². The number of hydrogen-bond acceptors (Lipinski definition) is 4. The number of fused-ring (bicyclic) bond motifs is 1. The first kappa shape index (κ1) is 16.4. The van der Waals surface area contributed by atoms with Crippen LogP contribution >= 0.6 is 11.8 Å². The third-order valence-electron chi connectivity index (χ3n) is 3.89. The standard InChI is InChI=1S/C17H26N2OS/c1-5-18-10-17-15(11-19(3)13(2)12-21-4)14-8-6-7-9-16(14)20-17/h6-9,13,18H,5,10-12H2,1-4H3. The third-order valence-corrected chi connectivity index (χ3v) is 4.70. The number of hydrogen-bond donors (Lipinski definition) is 1. The molecule has 0 aliphatic rings. The summed E-state index contributed by atoms with van der Waals surface area (Å²) in [4.78, 5) is 2.41. The lowest BCUT2D eigenvalue weighted by Gasteiger charge is -2.24. The summed E-state index contributed by atoms with van der Waals surface area (Å²) in [6, 6.07) is 8.90. The van der Waals surface area contributed by atoms with Gasteiger partial charge in [0.05, 0.1) is 6.54 Å². The molecule has 1 aromatic heterocycles. The largest absolute Gasteiger partial charge is 0.459 e. The molecular weight excluding hydrogens is 280 g/mol. The molecule has 0 amide bonds. The number of thioether (sulfide) groups is 1. The average Bonchev–Trinajstić information content (AvgIpc) is 2.83. The summed E-state index contributed by atoms with van der Waals surface area (Å²) < 4.78 is 6.05. The van der Waals surface area contributed by atoms with Crippen molar-refractivity contribution in [1.82, 2.24) is 10.2 Å². The van der Waals surface area contributed by atoms with E-state index in [0.29, 0.717) is 6.04 Å². The molecule has 1 N–H and O–H groups in total. The van der Waals surface area contributed by atoms with Gasteiger partial charge in [-0.05, 0) is 32.8 Å². The molecule has 0 saturated heterocycles.